The average Bonchev–Trinajstić information content (AvgIpc) is 3.24. The lowest BCUT2D eigenvalue weighted by Crippen LogP contribution is -2.38. The molecule has 1 saturated heterocycles. The first-order valence-electron chi connectivity index (χ1n) is 7.13. The molecule has 0 spiro atoms. The number of hydrogen-bond donors (Lipinski definition) is 0. The number of ketones is 1. The van der Waals surface area contributed by atoms with Crippen LogP contribution in [-0.4, -0.2) is 30.6 Å². The molecule has 0 aliphatic carbocycles. The van der Waals surface area contributed by atoms with Crippen LogP contribution in [0.15, 0.2) is 24.3 Å². The fourth-order valence-electron chi connectivity index (χ4n) is 2.12. The number of carbonyl (C=O) groups excluding carboxylic acids is 2. The number of hydrogen-bond acceptors (Lipinski definition) is 5. The topological polar surface area (TPSA) is 79.0 Å². The first-order chi connectivity index (χ1) is 10.0. The highest BCUT2D eigenvalue weighted by molar-refractivity contribution is 5.94. The Morgan fingerprint density at radius 3 is 2.43 bits per heavy atom. The van der Waals surface area contributed by atoms with Gasteiger partial charge in [-0.05, 0) is 56.9 Å². The maximum Gasteiger partial charge on any atom is 0.159 e. The van der Waals surface area contributed by atoms with Crippen LogP contribution >= 0.6 is 0 Å². The lowest BCUT2D eigenvalue weighted by Gasteiger charge is -2.12. The number of epoxide rings is 1. The number of carboxylic acids is 1. The predicted molar refractivity (Wildman–Crippen MR) is 74.1 cm³/mol. The van der Waals surface area contributed by atoms with Crippen molar-refractivity contribution in [3.8, 4) is 5.75 Å². The van der Waals surface area contributed by atoms with Gasteiger partial charge in [-0.2, -0.15) is 0 Å². The average molecular weight is 291 g/mol. The van der Waals surface area contributed by atoms with Crippen molar-refractivity contribution in [2.75, 3.05) is 13.2 Å². The SMILES string of the molecule is CC(=O)c1ccc(OCCCCCC2(C(=O)[O-])CO2)cc1. The zero-order valence-electron chi connectivity index (χ0n) is 12.1. The normalized spacial score (nSPS) is 20.0. The molecule has 0 bridgehead atoms. The molecule has 1 atom stereocenters. The molecule has 1 unspecified atom stereocenters. The third-order valence-electron chi connectivity index (χ3n) is 3.62. The van der Waals surface area contributed by atoms with Crippen molar-refractivity contribution in [3.05, 3.63) is 29.8 Å². The van der Waals surface area contributed by atoms with Crippen molar-refractivity contribution < 1.29 is 24.2 Å². The zero-order valence-corrected chi connectivity index (χ0v) is 12.1. The summed E-state index contributed by atoms with van der Waals surface area (Å²) in [7, 11) is 0. The van der Waals surface area contributed by atoms with Crippen molar-refractivity contribution in [1.29, 1.82) is 0 Å². The van der Waals surface area contributed by atoms with Gasteiger partial charge in [0.1, 0.15) is 11.4 Å². The van der Waals surface area contributed by atoms with Crippen LogP contribution in [0.2, 0.25) is 0 Å². The van der Waals surface area contributed by atoms with E-state index in [4.69, 9.17) is 9.47 Å². The molecular formula is C16H19O5-. The van der Waals surface area contributed by atoms with E-state index < -0.39 is 11.6 Å². The van der Waals surface area contributed by atoms with Gasteiger partial charge in [-0.15, -0.1) is 0 Å². The Morgan fingerprint density at radius 2 is 1.90 bits per heavy atom. The molecule has 1 aromatic rings. The van der Waals surface area contributed by atoms with Gasteiger partial charge in [0.15, 0.2) is 5.78 Å². The van der Waals surface area contributed by atoms with Crippen LogP contribution in [0.5, 0.6) is 5.75 Å². The largest absolute Gasteiger partial charge is 0.547 e. The monoisotopic (exact) mass is 291 g/mol. The van der Waals surface area contributed by atoms with Crippen LogP contribution in [0.25, 0.3) is 0 Å². The first kappa shape index (κ1) is 15.5. The van der Waals surface area contributed by atoms with E-state index in [1.165, 1.54) is 6.92 Å². The van der Waals surface area contributed by atoms with Crippen LogP contribution in [0.1, 0.15) is 43.0 Å². The molecule has 5 heteroatoms. The Labute approximate surface area is 123 Å². The highest BCUT2D eigenvalue weighted by Crippen LogP contribution is 2.32. The predicted octanol–water partition coefficient (Wildman–Crippen LogP) is 1.35. The lowest BCUT2D eigenvalue weighted by atomic mass is 10.0. The molecule has 2 rings (SSSR count). The molecule has 1 heterocycles. The number of carboxylic acid groups (broad SMARTS) is 1. The highest BCUT2D eigenvalue weighted by Gasteiger charge is 2.45. The number of Topliss-reactive ketones (excluding diaryl/α,β-unsaturated/α-hetero) is 1. The smallest absolute Gasteiger partial charge is 0.159 e. The Morgan fingerprint density at radius 1 is 1.24 bits per heavy atom. The number of rotatable bonds is 9. The Kier molecular flexibility index (Phi) is 4.96. The molecule has 0 N–H and O–H groups in total. The van der Waals surface area contributed by atoms with Gasteiger partial charge in [0, 0.05) is 5.56 Å². The number of unbranched alkanes of at least 4 members (excludes halogenated alkanes) is 2. The minimum atomic E-state index is -1.11. The second-order valence-electron chi connectivity index (χ2n) is 5.31. The van der Waals surface area contributed by atoms with Crippen molar-refractivity contribution in [1.82, 2.24) is 0 Å². The molecule has 0 aromatic heterocycles. The highest BCUT2D eigenvalue weighted by atomic mass is 16.6. The molecule has 0 amide bonds. The summed E-state index contributed by atoms with van der Waals surface area (Å²) in [6, 6.07) is 7.04. The summed E-state index contributed by atoms with van der Waals surface area (Å²) < 4.78 is 10.5. The molecule has 1 fully saturated rings. The molecular weight excluding hydrogens is 272 g/mol. The molecule has 21 heavy (non-hydrogen) atoms. The van der Waals surface area contributed by atoms with Crippen LogP contribution in [0.4, 0.5) is 0 Å². The van der Waals surface area contributed by atoms with E-state index in [1.807, 2.05) is 0 Å². The van der Waals surface area contributed by atoms with Gasteiger partial charge >= 0.3 is 0 Å². The molecule has 1 aliphatic heterocycles. The fourth-order valence-corrected chi connectivity index (χ4v) is 2.12. The molecule has 0 saturated carbocycles. The number of ether oxygens (including phenoxy) is 2. The standard InChI is InChI=1S/C16H20O5/c1-12(17)13-5-7-14(8-6-13)20-10-4-2-3-9-16(11-21-16)15(18)19/h5-8H,2-4,9-11H2,1H3,(H,18,19)/p-1. The third kappa shape index (κ3) is 4.29. The van der Waals surface area contributed by atoms with E-state index >= 15 is 0 Å². The maximum absolute atomic E-state index is 11.1. The summed E-state index contributed by atoms with van der Waals surface area (Å²) in [5, 5.41) is 10.8. The van der Waals surface area contributed by atoms with Gasteiger partial charge in [0.25, 0.3) is 0 Å². The van der Waals surface area contributed by atoms with Gasteiger partial charge in [-0.3, -0.25) is 4.79 Å². The second kappa shape index (κ2) is 6.72. The molecule has 1 aromatic carbocycles. The van der Waals surface area contributed by atoms with Gasteiger partial charge in [0.05, 0.1) is 19.2 Å². The summed E-state index contributed by atoms with van der Waals surface area (Å²) in [5.41, 5.74) is -0.344. The van der Waals surface area contributed by atoms with Gasteiger partial charge < -0.3 is 19.4 Å². The zero-order chi connectivity index (χ0) is 15.3. The quantitative estimate of drug-likeness (QED) is 0.390. The Hall–Kier alpha value is -1.88. The van der Waals surface area contributed by atoms with Crippen LogP contribution in [0, 0.1) is 0 Å². The third-order valence-corrected chi connectivity index (χ3v) is 3.62. The minimum Gasteiger partial charge on any atom is -0.547 e. The summed E-state index contributed by atoms with van der Waals surface area (Å²) in [6.07, 6.45) is 3.00. The van der Waals surface area contributed by atoms with E-state index in [2.05, 4.69) is 0 Å². The van der Waals surface area contributed by atoms with Gasteiger partial charge in [0.2, 0.25) is 0 Å². The van der Waals surface area contributed by atoms with E-state index in [0.717, 1.165) is 25.0 Å². The lowest BCUT2D eigenvalue weighted by molar-refractivity contribution is -0.312. The van der Waals surface area contributed by atoms with E-state index in [1.54, 1.807) is 24.3 Å². The Bertz CT molecular complexity index is 502. The van der Waals surface area contributed by atoms with E-state index in [0.29, 0.717) is 18.6 Å². The minimum absolute atomic E-state index is 0.0331. The Balaban J connectivity index is 1.59. The summed E-state index contributed by atoms with van der Waals surface area (Å²) in [5.74, 6) is -0.341. The van der Waals surface area contributed by atoms with Crippen molar-refractivity contribution in [2.45, 2.75) is 38.2 Å². The van der Waals surface area contributed by atoms with Crippen LogP contribution in [-0.2, 0) is 9.53 Å². The molecule has 5 nitrogen and oxygen atoms in total. The fraction of sp³-hybridized carbons (Fsp3) is 0.500. The van der Waals surface area contributed by atoms with E-state index in [-0.39, 0.29) is 12.4 Å². The maximum atomic E-state index is 11.1. The van der Waals surface area contributed by atoms with Crippen LogP contribution in [0.3, 0.4) is 0 Å². The summed E-state index contributed by atoms with van der Waals surface area (Å²) >= 11 is 0. The van der Waals surface area contributed by atoms with Crippen LogP contribution < -0.4 is 9.84 Å². The van der Waals surface area contributed by atoms with E-state index in [9.17, 15) is 14.7 Å². The number of carbonyl (C=O) groups is 2. The summed E-state index contributed by atoms with van der Waals surface area (Å²) in [4.78, 5) is 21.9. The summed E-state index contributed by atoms with van der Waals surface area (Å²) in [6.45, 7) is 2.37. The number of aliphatic carboxylic acids is 1. The first-order valence-corrected chi connectivity index (χ1v) is 7.13. The number of benzene rings is 1. The van der Waals surface area contributed by atoms with Gasteiger partial charge in [-0.25, -0.2) is 0 Å². The van der Waals surface area contributed by atoms with Crippen molar-refractivity contribution >= 4 is 11.8 Å². The molecule has 114 valence electrons. The second-order valence-corrected chi connectivity index (χ2v) is 5.31. The molecule has 0 radical (unpaired) electrons. The van der Waals surface area contributed by atoms with Crippen molar-refractivity contribution in [2.24, 2.45) is 0 Å². The molecule has 1 aliphatic rings. The van der Waals surface area contributed by atoms with Crippen molar-refractivity contribution in [3.63, 3.8) is 0 Å². The van der Waals surface area contributed by atoms with Gasteiger partial charge in [-0.1, -0.05) is 0 Å².